The molecular formula is C15H25ClN4O3S. The van der Waals surface area contributed by atoms with Gasteiger partial charge in [-0.25, -0.2) is 8.42 Å². The maximum absolute atomic E-state index is 12.8. The van der Waals surface area contributed by atoms with E-state index >= 15 is 0 Å². The summed E-state index contributed by atoms with van der Waals surface area (Å²) in [6, 6.07) is 1.46. The number of carbonyl (C=O) groups excluding carboxylic acids is 1. The van der Waals surface area contributed by atoms with Crippen LogP contribution in [0, 0.1) is 0 Å². The van der Waals surface area contributed by atoms with Gasteiger partial charge in [0.1, 0.15) is 10.6 Å². The maximum Gasteiger partial charge on any atom is 0.270 e. The van der Waals surface area contributed by atoms with E-state index in [2.05, 4.69) is 10.3 Å². The van der Waals surface area contributed by atoms with Gasteiger partial charge >= 0.3 is 0 Å². The van der Waals surface area contributed by atoms with E-state index in [-0.39, 0.29) is 29.3 Å². The average molecular weight is 377 g/mol. The van der Waals surface area contributed by atoms with Crippen LogP contribution in [-0.2, 0) is 10.0 Å². The van der Waals surface area contributed by atoms with E-state index in [0.29, 0.717) is 18.8 Å². The number of H-pyrrole nitrogens is 1. The molecule has 7 nitrogen and oxygen atoms in total. The Hall–Kier alpha value is -1.09. The molecule has 2 fully saturated rings. The topological polar surface area (TPSA) is 85.5 Å². The normalized spacial score (nSPS) is 21.9. The number of carbonyl (C=O) groups is 1. The lowest BCUT2D eigenvalue weighted by Crippen LogP contribution is -2.40. The van der Waals surface area contributed by atoms with Gasteiger partial charge in [0, 0.05) is 38.4 Å². The third-order valence-corrected chi connectivity index (χ3v) is 6.58. The standard InChI is InChI=1S/C15H24N4O3S.ClH/c1-16-10-12-5-4-8-19(12)23(21,22)13-9-14(17-11-13)15(20)18-6-2-3-7-18;/h9,11-12,16-17H,2-8,10H2,1H3;1H. The van der Waals surface area contributed by atoms with Crippen LogP contribution >= 0.6 is 12.4 Å². The van der Waals surface area contributed by atoms with Gasteiger partial charge in [-0.2, -0.15) is 4.31 Å². The minimum absolute atomic E-state index is 0. The highest BCUT2D eigenvalue weighted by molar-refractivity contribution is 7.89. The Morgan fingerprint density at radius 2 is 2.00 bits per heavy atom. The molecule has 136 valence electrons. The molecule has 0 aliphatic carbocycles. The number of sulfonamides is 1. The number of aromatic nitrogens is 1. The summed E-state index contributed by atoms with van der Waals surface area (Å²) in [5, 5.41) is 3.05. The molecule has 2 aliphatic heterocycles. The minimum atomic E-state index is -3.55. The fourth-order valence-electron chi connectivity index (χ4n) is 3.44. The molecule has 0 spiro atoms. The average Bonchev–Trinajstić information content (AvgIpc) is 3.27. The third-order valence-electron chi connectivity index (χ3n) is 4.65. The van der Waals surface area contributed by atoms with Crippen molar-refractivity contribution < 1.29 is 13.2 Å². The molecule has 0 saturated carbocycles. The molecule has 1 aromatic heterocycles. The Balaban J connectivity index is 0.00000208. The first-order valence-corrected chi connectivity index (χ1v) is 9.62. The van der Waals surface area contributed by atoms with Crippen molar-refractivity contribution in [1.82, 2.24) is 19.5 Å². The number of amides is 1. The van der Waals surface area contributed by atoms with Crippen molar-refractivity contribution >= 4 is 28.3 Å². The van der Waals surface area contributed by atoms with Gasteiger partial charge in [0.15, 0.2) is 0 Å². The third kappa shape index (κ3) is 3.61. The van der Waals surface area contributed by atoms with Crippen molar-refractivity contribution in [2.75, 3.05) is 33.2 Å². The summed E-state index contributed by atoms with van der Waals surface area (Å²) in [6.07, 6.45) is 5.20. The van der Waals surface area contributed by atoms with E-state index in [0.717, 1.165) is 38.8 Å². The predicted octanol–water partition coefficient (Wildman–Crippen LogP) is 1.05. The van der Waals surface area contributed by atoms with E-state index < -0.39 is 10.0 Å². The first-order valence-electron chi connectivity index (χ1n) is 8.18. The van der Waals surface area contributed by atoms with Crippen LogP contribution in [0.4, 0.5) is 0 Å². The Morgan fingerprint density at radius 3 is 2.67 bits per heavy atom. The summed E-state index contributed by atoms with van der Waals surface area (Å²) < 4.78 is 27.2. The number of nitrogens with one attached hydrogen (secondary N) is 2. The zero-order valence-corrected chi connectivity index (χ0v) is 15.5. The number of likely N-dealkylation sites (tertiary alicyclic amines) is 1. The molecule has 2 saturated heterocycles. The molecule has 0 aromatic carbocycles. The van der Waals surface area contributed by atoms with Crippen molar-refractivity contribution in [2.24, 2.45) is 0 Å². The van der Waals surface area contributed by atoms with Gasteiger partial charge < -0.3 is 15.2 Å². The van der Waals surface area contributed by atoms with E-state index in [1.54, 1.807) is 9.21 Å². The zero-order chi connectivity index (χ0) is 16.4. The molecular weight excluding hydrogens is 352 g/mol. The molecule has 2 aliphatic rings. The largest absolute Gasteiger partial charge is 0.356 e. The van der Waals surface area contributed by atoms with Gasteiger partial charge in [0.2, 0.25) is 10.0 Å². The highest BCUT2D eigenvalue weighted by Crippen LogP contribution is 2.26. The summed E-state index contributed by atoms with van der Waals surface area (Å²) in [6.45, 7) is 2.67. The number of rotatable bonds is 5. The van der Waals surface area contributed by atoms with Crippen molar-refractivity contribution in [1.29, 1.82) is 0 Å². The minimum Gasteiger partial charge on any atom is -0.356 e. The van der Waals surface area contributed by atoms with Crippen LogP contribution in [0.25, 0.3) is 0 Å². The van der Waals surface area contributed by atoms with Crippen LogP contribution in [0.2, 0.25) is 0 Å². The SMILES string of the molecule is CNCC1CCCN1S(=O)(=O)c1c[nH]c(C(=O)N2CCCC2)c1.Cl. The van der Waals surface area contributed by atoms with Gasteiger partial charge in [-0.15, -0.1) is 12.4 Å². The number of halogens is 1. The molecule has 1 atom stereocenters. The Kier molecular flexibility index (Phi) is 6.30. The van der Waals surface area contributed by atoms with Gasteiger partial charge in [-0.3, -0.25) is 4.79 Å². The van der Waals surface area contributed by atoms with Gasteiger partial charge in [-0.1, -0.05) is 0 Å². The molecule has 9 heteroatoms. The lowest BCUT2D eigenvalue weighted by Gasteiger charge is -2.23. The highest BCUT2D eigenvalue weighted by atomic mass is 35.5. The number of nitrogens with zero attached hydrogens (tertiary/aromatic N) is 2. The highest BCUT2D eigenvalue weighted by Gasteiger charge is 2.35. The summed E-state index contributed by atoms with van der Waals surface area (Å²) >= 11 is 0. The zero-order valence-electron chi connectivity index (χ0n) is 13.8. The molecule has 0 bridgehead atoms. The fraction of sp³-hybridized carbons (Fsp3) is 0.667. The maximum atomic E-state index is 12.8. The number of aromatic amines is 1. The fourth-order valence-corrected chi connectivity index (χ4v) is 5.13. The Bertz CT molecular complexity index is 670. The smallest absolute Gasteiger partial charge is 0.270 e. The van der Waals surface area contributed by atoms with Crippen LogP contribution in [0.15, 0.2) is 17.2 Å². The van der Waals surface area contributed by atoms with Crippen LogP contribution in [-0.4, -0.2) is 67.8 Å². The van der Waals surface area contributed by atoms with E-state index in [9.17, 15) is 13.2 Å². The molecule has 2 N–H and O–H groups in total. The molecule has 1 unspecified atom stereocenters. The van der Waals surface area contributed by atoms with Crippen molar-refractivity contribution in [3.05, 3.63) is 18.0 Å². The van der Waals surface area contributed by atoms with E-state index in [1.807, 2.05) is 7.05 Å². The Labute approximate surface area is 149 Å². The second-order valence-electron chi connectivity index (χ2n) is 6.22. The quantitative estimate of drug-likeness (QED) is 0.804. The molecule has 1 aromatic rings. The summed E-state index contributed by atoms with van der Waals surface area (Å²) in [5.41, 5.74) is 0.356. The lowest BCUT2D eigenvalue weighted by atomic mass is 10.2. The monoisotopic (exact) mass is 376 g/mol. The second-order valence-corrected chi connectivity index (χ2v) is 8.11. The first-order chi connectivity index (χ1) is 11.0. The van der Waals surface area contributed by atoms with Gasteiger partial charge in [0.05, 0.1) is 0 Å². The molecule has 1 amide bonds. The molecule has 3 heterocycles. The van der Waals surface area contributed by atoms with Crippen molar-refractivity contribution in [3.63, 3.8) is 0 Å². The van der Waals surface area contributed by atoms with E-state index in [4.69, 9.17) is 0 Å². The van der Waals surface area contributed by atoms with Crippen molar-refractivity contribution in [2.45, 2.75) is 36.6 Å². The van der Waals surface area contributed by atoms with Gasteiger partial charge in [0.25, 0.3) is 5.91 Å². The summed E-state index contributed by atoms with van der Waals surface area (Å²) in [4.78, 5) is 17.1. The number of likely N-dealkylation sites (N-methyl/N-ethyl adjacent to an activating group) is 1. The summed E-state index contributed by atoms with van der Waals surface area (Å²) in [5.74, 6) is -0.114. The number of hydrogen-bond donors (Lipinski definition) is 2. The Morgan fingerprint density at radius 1 is 1.29 bits per heavy atom. The van der Waals surface area contributed by atoms with Crippen molar-refractivity contribution in [3.8, 4) is 0 Å². The molecule has 24 heavy (non-hydrogen) atoms. The second kappa shape index (κ2) is 7.86. The lowest BCUT2D eigenvalue weighted by molar-refractivity contribution is 0.0787. The van der Waals surface area contributed by atoms with Crippen LogP contribution in [0.3, 0.4) is 0 Å². The first kappa shape index (κ1) is 19.2. The van der Waals surface area contributed by atoms with Crippen LogP contribution in [0.5, 0.6) is 0 Å². The van der Waals surface area contributed by atoms with Crippen LogP contribution < -0.4 is 5.32 Å². The van der Waals surface area contributed by atoms with Crippen LogP contribution in [0.1, 0.15) is 36.2 Å². The number of hydrogen-bond acceptors (Lipinski definition) is 4. The van der Waals surface area contributed by atoms with Gasteiger partial charge in [-0.05, 0) is 38.8 Å². The molecule has 0 radical (unpaired) electrons. The predicted molar refractivity (Wildman–Crippen MR) is 94.0 cm³/mol. The molecule has 3 rings (SSSR count). The summed E-state index contributed by atoms with van der Waals surface area (Å²) in [7, 11) is -1.73. The van der Waals surface area contributed by atoms with E-state index in [1.165, 1.54) is 12.3 Å².